The van der Waals surface area contributed by atoms with Crippen molar-refractivity contribution in [3.05, 3.63) is 0 Å². The lowest BCUT2D eigenvalue weighted by Gasteiger charge is -2.17. The first kappa shape index (κ1) is 14.5. The SMILES string of the molecule is CCC[C@H](NC(=O)C1CC(=O)N(CC)C1)C(=O)O. The van der Waals surface area contributed by atoms with Crippen molar-refractivity contribution in [2.45, 2.75) is 39.2 Å². The fraction of sp³-hybridized carbons (Fsp3) is 0.750. The summed E-state index contributed by atoms with van der Waals surface area (Å²) in [6.07, 6.45) is 1.26. The number of likely N-dealkylation sites (tertiary alicyclic amines) is 1. The molecular formula is C12H20N2O4. The fourth-order valence-electron chi connectivity index (χ4n) is 2.09. The Morgan fingerprint density at radius 2 is 2.17 bits per heavy atom. The van der Waals surface area contributed by atoms with Crippen LogP contribution in [0.3, 0.4) is 0 Å². The van der Waals surface area contributed by atoms with Crippen molar-refractivity contribution in [2.75, 3.05) is 13.1 Å². The van der Waals surface area contributed by atoms with Crippen LogP contribution in [0.15, 0.2) is 0 Å². The van der Waals surface area contributed by atoms with Crippen LogP contribution in [0.4, 0.5) is 0 Å². The number of rotatable bonds is 6. The Balaban J connectivity index is 2.55. The quantitative estimate of drug-likeness (QED) is 0.712. The van der Waals surface area contributed by atoms with E-state index in [1.807, 2.05) is 13.8 Å². The molecule has 1 unspecified atom stereocenters. The maximum Gasteiger partial charge on any atom is 0.326 e. The summed E-state index contributed by atoms with van der Waals surface area (Å²) < 4.78 is 0. The number of carboxylic acid groups (broad SMARTS) is 1. The van der Waals surface area contributed by atoms with E-state index in [4.69, 9.17) is 5.11 Å². The highest BCUT2D eigenvalue weighted by Crippen LogP contribution is 2.17. The third-order valence-electron chi connectivity index (χ3n) is 3.16. The molecule has 18 heavy (non-hydrogen) atoms. The van der Waals surface area contributed by atoms with Gasteiger partial charge in [0.25, 0.3) is 0 Å². The lowest BCUT2D eigenvalue weighted by molar-refractivity contribution is -0.142. The van der Waals surface area contributed by atoms with Crippen LogP contribution in [0.2, 0.25) is 0 Å². The zero-order valence-corrected chi connectivity index (χ0v) is 10.8. The Hall–Kier alpha value is -1.59. The number of aliphatic carboxylic acids is 1. The summed E-state index contributed by atoms with van der Waals surface area (Å²) in [4.78, 5) is 35.9. The monoisotopic (exact) mass is 256 g/mol. The summed E-state index contributed by atoms with van der Waals surface area (Å²) in [5.74, 6) is -1.82. The minimum Gasteiger partial charge on any atom is -0.480 e. The zero-order chi connectivity index (χ0) is 13.7. The maximum absolute atomic E-state index is 11.9. The first-order valence-corrected chi connectivity index (χ1v) is 6.30. The minimum absolute atomic E-state index is 0.0417. The van der Waals surface area contributed by atoms with Crippen molar-refractivity contribution in [1.82, 2.24) is 10.2 Å². The van der Waals surface area contributed by atoms with Gasteiger partial charge in [-0.1, -0.05) is 13.3 Å². The van der Waals surface area contributed by atoms with Gasteiger partial charge in [-0.3, -0.25) is 9.59 Å². The van der Waals surface area contributed by atoms with Gasteiger partial charge < -0.3 is 15.3 Å². The second kappa shape index (κ2) is 6.37. The van der Waals surface area contributed by atoms with Gasteiger partial charge in [0.15, 0.2) is 0 Å². The number of carbonyl (C=O) groups is 3. The van der Waals surface area contributed by atoms with E-state index >= 15 is 0 Å². The minimum atomic E-state index is -1.03. The predicted octanol–water partition coefficient (Wildman–Crippen LogP) is 0.224. The van der Waals surface area contributed by atoms with Crippen molar-refractivity contribution in [3.63, 3.8) is 0 Å². The molecule has 0 bridgehead atoms. The Morgan fingerprint density at radius 1 is 1.50 bits per heavy atom. The summed E-state index contributed by atoms with van der Waals surface area (Å²) in [5.41, 5.74) is 0. The number of hydrogen-bond donors (Lipinski definition) is 2. The van der Waals surface area contributed by atoms with Crippen LogP contribution in [-0.4, -0.2) is 46.9 Å². The van der Waals surface area contributed by atoms with Gasteiger partial charge >= 0.3 is 5.97 Å². The molecule has 1 aliphatic heterocycles. The van der Waals surface area contributed by atoms with Crippen LogP contribution in [-0.2, 0) is 14.4 Å². The molecule has 2 N–H and O–H groups in total. The van der Waals surface area contributed by atoms with Crippen LogP contribution in [0, 0.1) is 5.92 Å². The van der Waals surface area contributed by atoms with E-state index in [0.717, 1.165) is 0 Å². The van der Waals surface area contributed by atoms with Gasteiger partial charge in [0.1, 0.15) is 6.04 Å². The van der Waals surface area contributed by atoms with Gasteiger partial charge in [-0.2, -0.15) is 0 Å². The average molecular weight is 256 g/mol. The Bertz CT molecular complexity index is 343. The van der Waals surface area contributed by atoms with E-state index in [1.54, 1.807) is 4.90 Å². The topological polar surface area (TPSA) is 86.7 Å². The Kier molecular flexibility index (Phi) is 5.12. The molecule has 2 amide bonds. The van der Waals surface area contributed by atoms with Crippen molar-refractivity contribution in [2.24, 2.45) is 5.92 Å². The number of nitrogens with one attached hydrogen (secondary N) is 1. The van der Waals surface area contributed by atoms with Crippen LogP contribution in [0.5, 0.6) is 0 Å². The largest absolute Gasteiger partial charge is 0.480 e. The van der Waals surface area contributed by atoms with Crippen molar-refractivity contribution in [3.8, 4) is 0 Å². The van der Waals surface area contributed by atoms with E-state index in [-0.39, 0.29) is 18.2 Å². The van der Waals surface area contributed by atoms with Crippen LogP contribution in [0.25, 0.3) is 0 Å². The van der Waals surface area contributed by atoms with Crippen molar-refractivity contribution >= 4 is 17.8 Å². The molecule has 1 aliphatic rings. The molecule has 0 aromatic carbocycles. The summed E-state index contributed by atoms with van der Waals surface area (Å²) in [5, 5.41) is 11.5. The lowest BCUT2D eigenvalue weighted by atomic mass is 10.1. The van der Waals surface area contributed by atoms with Gasteiger partial charge in [-0.05, 0) is 13.3 Å². The molecule has 0 radical (unpaired) electrons. The Labute approximate surface area is 106 Å². The highest BCUT2D eigenvalue weighted by Gasteiger charge is 2.34. The van der Waals surface area contributed by atoms with Gasteiger partial charge in [-0.15, -0.1) is 0 Å². The highest BCUT2D eigenvalue weighted by molar-refractivity contribution is 5.91. The lowest BCUT2D eigenvalue weighted by Crippen LogP contribution is -2.44. The molecule has 0 saturated carbocycles. The smallest absolute Gasteiger partial charge is 0.326 e. The average Bonchev–Trinajstić information content (AvgIpc) is 2.69. The van der Waals surface area contributed by atoms with Gasteiger partial charge in [-0.25, -0.2) is 4.79 Å². The first-order chi connectivity index (χ1) is 8.49. The van der Waals surface area contributed by atoms with Crippen LogP contribution >= 0.6 is 0 Å². The first-order valence-electron chi connectivity index (χ1n) is 6.30. The van der Waals surface area contributed by atoms with Gasteiger partial charge in [0.05, 0.1) is 5.92 Å². The van der Waals surface area contributed by atoms with E-state index in [2.05, 4.69) is 5.32 Å². The van der Waals surface area contributed by atoms with E-state index < -0.39 is 17.9 Å². The number of hydrogen-bond acceptors (Lipinski definition) is 3. The molecule has 1 rings (SSSR count). The summed E-state index contributed by atoms with van der Waals surface area (Å²) >= 11 is 0. The number of carboxylic acids is 1. The number of amides is 2. The molecule has 0 aromatic heterocycles. The molecule has 1 heterocycles. The molecule has 0 spiro atoms. The molecular weight excluding hydrogens is 236 g/mol. The number of nitrogens with zero attached hydrogens (tertiary/aromatic N) is 1. The second-order valence-corrected chi connectivity index (χ2v) is 4.52. The summed E-state index contributed by atoms with van der Waals surface area (Å²) in [6.45, 7) is 4.69. The number of carbonyl (C=O) groups excluding carboxylic acids is 2. The van der Waals surface area contributed by atoms with E-state index in [1.165, 1.54) is 0 Å². The van der Waals surface area contributed by atoms with Crippen LogP contribution in [0.1, 0.15) is 33.1 Å². The summed E-state index contributed by atoms with van der Waals surface area (Å²) in [6, 6.07) is -0.853. The van der Waals surface area contributed by atoms with Gasteiger partial charge in [0, 0.05) is 19.5 Å². The molecule has 2 atom stereocenters. The summed E-state index contributed by atoms with van der Waals surface area (Å²) in [7, 11) is 0. The van der Waals surface area contributed by atoms with E-state index in [0.29, 0.717) is 25.9 Å². The van der Waals surface area contributed by atoms with Crippen molar-refractivity contribution in [1.29, 1.82) is 0 Å². The van der Waals surface area contributed by atoms with E-state index in [9.17, 15) is 14.4 Å². The molecule has 1 fully saturated rings. The maximum atomic E-state index is 11.9. The molecule has 0 aromatic rings. The zero-order valence-electron chi connectivity index (χ0n) is 10.8. The van der Waals surface area contributed by atoms with Crippen molar-refractivity contribution < 1.29 is 19.5 Å². The predicted molar refractivity (Wildman–Crippen MR) is 64.8 cm³/mol. The van der Waals surface area contributed by atoms with Crippen LogP contribution < -0.4 is 5.32 Å². The molecule has 102 valence electrons. The second-order valence-electron chi connectivity index (χ2n) is 4.52. The fourth-order valence-corrected chi connectivity index (χ4v) is 2.09. The standard InChI is InChI=1S/C12H20N2O4/c1-3-5-9(12(17)18)13-11(16)8-6-10(15)14(4-2)7-8/h8-9H,3-7H2,1-2H3,(H,13,16)(H,17,18)/t8?,9-/m0/s1. The molecule has 1 saturated heterocycles. The molecule has 6 nitrogen and oxygen atoms in total. The van der Waals surface area contributed by atoms with Gasteiger partial charge in [0.2, 0.25) is 11.8 Å². The third-order valence-corrected chi connectivity index (χ3v) is 3.16. The normalized spacial score (nSPS) is 20.9. The molecule has 6 heteroatoms. The highest BCUT2D eigenvalue weighted by atomic mass is 16.4. The molecule has 0 aliphatic carbocycles. The Morgan fingerprint density at radius 3 is 2.61 bits per heavy atom. The third kappa shape index (κ3) is 3.45.